The second-order valence-corrected chi connectivity index (χ2v) is 7.75. The minimum Gasteiger partial charge on any atom is -0.464 e. The van der Waals surface area contributed by atoms with E-state index in [2.05, 4.69) is 36.3 Å². The molecule has 0 aliphatic carbocycles. The van der Waals surface area contributed by atoms with E-state index in [-0.39, 0.29) is 5.54 Å². The first-order valence-corrected chi connectivity index (χ1v) is 7.98. The SMILES string of the molecule is Cc1nnc(SCc2ccc(CNC(C)(C)C)o2)s1. The van der Waals surface area contributed by atoms with E-state index in [0.717, 1.165) is 33.2 Å². The molecule has 0 spiro atoms. The van der Waals surface area contributed by atoms with Crippen LogP contribution in [0.1, 0.15) is 37.3 Å². The Hall–Kier alpha value is -0.850. The number of aryl methyl sites for hydroxylation is 1. The molecule has 0 amide bonds. The van der Waals surface area contributed by atoms with Crippen LogP contribution in [0.4, 0.5) is 0 Å². The first kappa shape index (κ1) is 14.6. The van der Waals surface area contributed by atoms with Crippen LogP contribution in [0, 0.1) is 6.92 Å². The molecule has 4 nitrogen and oxygen atoms in total. The van der Waals surface area contributed by atoms with Gasteiger partial charge in [0.05, 0.1) is 12.3 Å². The lowest BCUT2D eigenvalue weighted by atomic mass is 10.1. The zero-order valence-electron chi connectivity index (χ0n) is 11.7. The molecule has 2 aromatic heterocycles. The molecule has 104 valence electrons. The molecule has 0 aromatic carbocycles. The monoisotopic (exact) mass is 297 g/mol. The smallest absolute Gasteiger partial charge is 0.174 e. The second-order valence-electron chi connectivity index (χ2n) is 5.35. The van der Waals surface area contributed by atoms with Gasteiger partial charge in [-0.25, -0.2) is 0 Å². The van der Waals surface area contributed by atoms with Gasteiger partial charge in [-0.15, -0.1) is 10.2 Å². The van der Waals surface area contributed by atoms with Gasteiger partial charge in [-0.1, -0.05) is 23.1 Å². The Morgan fingerprint density at radius 1 is 1.26 bits per heavy atom. The Balaban J connectivity index is 1.84. The number of thioether (sulfide) groups is 1. The topological polar surface area (TPSA) is 51.0 Å². The summed E-state index contributed by atoms with van der Waals surface area (Å²) in [6.07, 6.45) is 0. The molecule has 0 aliphatic rings. The van der Waals surface area contributed by atoms with E-state index in [1.54, 1.807) is 23.1 Å². The van der Waals surface area contributed by atoms with Crippen LogP contribution in [0.5, 0.6) is 0 Å². The summed E-state index contributed by atoms with van der Waals surface area (Å²) >= 11 is 3.28. The Morgan fingerprint density at radius 2 is 2.00 bits per heavy atom. The summed E-state index contributed by atoms with van der Waals surface area (Å²) < 4.78 is 6.77. The number of hydrogen-bond donors (Lipinski definition) is 1. The van der Waals surface area contributed by atoms with Gasteiger partial charge in [-0.05, 0) is 39.8 Å². The summed E-state index contributed by atoms with van der Waals surface area (Å²) in [6, 6.07) is 4.06. The van der Waals surface area contributed by atoms with Crippen molar-refractivity contribution in [2.75, 3.05) is 0 Å². The fraction of sp³-hybridized carbons (Fsp3) is 0.538. The highest BCUT2D eigenvalue weighted by Crippen LogP contribution is 2.26. The summed E-state index contributed by atoms with van der Waals surface area (Å²) in [5.74, 6) is 2.74. The fourth-order valence-electron chi connectivity index (χ4n) is 1.42. The molecule has 0 saturated heterocycles. The van der Waals surface area contributed by atoms with E-state index in [0.29, 0.717) is 0 Å². The van der Waals surface area contributed by atoms with Gasteiger partial charge in [0, 0.05) is 5.54 Å². The lowest BCUT2D eigenvalue weighted by molar-refractivity contribution is 0.382. The van der Waals surface area contributed by atoms with Crippen LogP contribution >= 0.6 is 23.1 Å². The lowest BCUT2D eigenvalue weighted by Crippen LogP contribution is -2.34. The Bertz CT molecular complexity index is 528. The van der Waals surface area contributed by atoms with Gasteiger partial charge in [-0.3, -0.25) is 0 Å². The maximum absolute atomic E-state index is 5.78. The summed E-state index contributed by atoms with van der Waals surface area (Å²) in [6.45, 7) is 9.15. The van der Waals surface area contributed by atoms with Crippen LogP contribution < -0.4 is 5.32 Å². The van der Waals surface area contributed by atoms with Gasteiger partial charge < -0.3 is 9.73 Å². The third-order valence-corrected chi connectivity index (χ3v) is 4.35. The van der Waals surface area contributed by atoms with Crippen molar-refractivity contribution >= 4 is 23.1 Å². The van der Waals surface area contributed by atoms with Crippen LogP contribution in [0.3, 0.4) is 0 Å². The van der Waals surface area contributed by atoms with Gasteiger partial charge in [0.1, 0.15) is 16.5 Å². The summed E-state index contributed by atoms with van der Waals surface area (Å²) in [5.41, 5.74) is 0.103. The third-order valence-electron chi connectivity index (χ3n) is 2.36. The number of hydrogen-bond acceptors (Lipinski definition) is 6. The standard InChI is InChI=1S/C13H19N3OS2/c1-9-15-16-12(19-9)18-8-11-6-5-10(17-11)7-14-13(2,3)4/h5-6,14H,7-8H2,1-4H3. The molecular formula is C13H19N3OS2. The molecule has 0 saturated carbocycles. The van der Waals surface area contributed by atoms with Crippen molar-refractivity contribution in [1.29, 1.82) is 0 Å². The largest absolute Gasteiger partial charge is 0.464 e. The van der Waals surface area contributed by atoms with Crippen LogP contribution in [-0.4, -0.2) is 15.7 Å². The van der Waals surface area contributed by atoms with Crippen molar-refractivity contribution in [2.24, 2.45) is 0 Å². The summed E-state index contributed by atoms with van der Waals surface area (Å²) in [4.78, 5) is 0. The highest BCUT2D eigenvalue weighted by Gasteiger charge is 2.10. The molecule has 0 unspecified atom stereocenters. The van der Waals surface area contributed by atoms with E-state index in [9.17, 15) is 0 Å². The number of nitrogens with one attached hydrogen (secondary N) is 1. The molecule has 0 aliphatic heterocycles. The van der Waals surface area contributed by atoms with Gasteiger partial charge >= 0.3 is 0 Å². The maximum atomic E-state index is 5.78. The maximum Gasteiger partial charge on any atom is 0.174 e. The van der Waals surface area contributed by atoms with Gasteiger partial charge in [0.25, 0.3) is 0 Å². The van der Waals surface area contributed by atoms with Crippen molar-refractivity contribution in [3.8, 4) is 0 Å². The minimum atomic E-state index is 0.103. The van der Waals surface area contributed by atoms with E-state index in [1.165, 1.54) is 0 Å². The normalized spacial score (nSPS) is 12.0. The van der Waals surface area contributed by atoms with Crippen molar-refractivity contribution in [3.05, 3.63) is 28.7 Å². The number of aromatic nitrogens is 2. The Kier molecular flexibility index (Phi) is 4.65. The van der Waals surface area contributed by atoms with Crippen LogP contribution in [0.25, 0.3) is 0 Å². The molecule has 19 heavy (non-hydrogen) atoms. The van der Waals surface area contributed by atoms with Gasteiger partial charge in [0.15, 0.2) is 4.34 Å². The molecule has 2 aromatic rings. The second kappa shape index (κ2) is 6.07. The number of nitrogens with zero attached hydrogens (tertiary/aromatic N) is 2. The van der Waals surface area contributed by atoms with Crippen molar-refractivity contribution in [2.45, 2.75) is 49.9 Å². The van der Waals surface area contributed by atoms with E-state index >= 15 is 0 Å². The molecule has 0 radical (unpaired) electrons. The van der Waals surface area contributed by atoms with Crippen LogP contribution in [0.2, 0.25) is 0 Å². The first-order chi connectivity index (χ1) is 8.92. The van der Waals surface area contributed by atoms with Gasteiger partial charge in [0.2, 0.25) is 0 Å². The molecule has 1 N–H and O–H groups in total. The van der Waals surface area contributed by atoms with E-state index in [4.69, 9.17) is 4.42 Å². The Labute approximate surface area is 122 Å². The molecule has 0 atom stereocenters. The average Bonchev–Trinajstić information content (AvgIpc) is 2.92. The molecule has 6 heteroatoms. The highest BCUT2D eigenvalue weighted by atomic mass is 32.2. The number of furan rings is 1. The Morgan fingerprint density at radius 3 is 2.63 bits per heavy atom. The van der Waals surface area contributed by atoms with Gasteiger partial charge in [-0.2, -0.15) is 0 Å². The summed E-state index contributed by atoms with van der Waals surface area (Å²) in [5, 5.41) is 12.5. The van der Waals surface area contributed by atoms with E-state index < -0.39 is 0 Å². The van der Waals surface area contributed by atoms with E-state index in [1.807, 2.05) is 19.1 Å². The van der Waals surface area contributed by atoms with Crippen LogP contribution in [-0.2, 0) is 12.3 Å². The molecule has 0 fully saturated rings. The highest BCUT2D eigenvalue weighted by molar-refractivity contribution is 8.00. The lowest BCUT2D eigenvalue weighted by Gasteiger charge is -2.19. The van der Waals surface area contributed by atoms with Crippen molar-refractivity contribution in [1.82, 2.24) is 15.5 Å². The van der Waals surface area contributed by atoms with Crippen molar-refractivity contribution in [3.63, 3.8) is 0 Å². The zero-order chi connectivity index (χ0) is 13.9. The average molecular weight is 297 g/mol. The quantitative estimate of drug-likeness (QED) is 0.854. The fourth-order valence-corrected chi connectivity index (χ4v) is 3.13. The molecule has 2 rings (SSSR count). The molecule has 0 bridgehead atoms. The first-order valence-electron chi connectivity index (χ1n) is 6.18. The van der Waals surface area contributed by atoms with Crippen LogP contribution in [0.15, 0.2) is 20.9 Å². The summed E-state index contributed by atoms with van der Waals surface area (Å²) in [7, 11) is 0. The number of rotatable bonds is 5. The predicted octanol–water partition coefficient (Wildman–Crippen LogP) is 3.62. The molecular weight excluding hydrogens is 278 g/mol. The zero-order valence-corrected chi connectivity index (χ0v) is 13.3. The predicted molar refractivity (Wildman–Crippen MR) is 79.5 cm³/mol. The minimum absolute atomic E-state index is 0.103. The molecule has 2 heterocycles. The van der Waals surface area contributed by atoms with Crippen molar-refractivity contribution < 1.29 is 4.42 Å². The third kappa shape index (κ3) is 4.97.